The van der Waals surface area contributed by atoms with Crippen LogP contribution in [-0.2, 0) is 4.74 Å². The Kier molecular flexibility index (Phi) is 4.16. The van der Waals surface area contributed by atoms with E-state index in [0.717, 1.165) is 0 Å². The molecule has 5 heteroatoms. The Balaban J connectivity index is 2.05. The van der Waals surface area contributed by atoms with Crippen LogP contribution in [0, 0.1) is 0 Å². The number of methoxy groups -OCH3 is 1. The fraction of sp³-hybridized carbons (Fsp3) is 0.429. The van der Waals surface area contributed by atoms with Crippen molar-refractivity contribution in [3.63, 3.8) is 0 Å². The summed E-state index contributed by atoms with van der Waals surface area (Å²) in [6.07, 6.45) is -0.473. The number of benzene rings is 1. The van der Waals surface area contributed by atoms with E-state index in [4.69, 9.17) is 0 Å². The zero-order valence-electron chi connectivity index (χ0n) is 10.8. The molecule has 0 aliphatic carbocycles. The molecule has 0 spiro atoms. The maximum Gasteiger partial charge on any atom is 0.409 e. The van der Waals surface area contributed by atoms with Crippen LogP contribution in [-0.4, -0.2) is 47.7 Å². The molecular formula is C14H17NO4. The smallest absolute Gasteiger partial charge is 0.409 e. The lowest BCUT2D eigenvalue weighted by molar-refractivity contribution is 0.0911. The zero-order chi connectivity index (χ0) is 13.8. The number of amides is 1. The van der Waals surface area contributed by atoms with Crippen LogP contribution in [0.4, 0.5) is 4.79 Å². The summed E-state index contributed by atoms with van der Waals surface area (Å²) in [6, 6.07) is 8.64. The molecule has 0 bridgehead atoms. The molecule has 2 rings (SSSR count). The SMILES string of the molecule is COC(=O)N1C[C@H](O)C[C@@H]1CC(=O)c1ccccc1. The molecule has 1 heterocycles. The number of ketones is 1. The Morgan fingerprint density at radius 1 is 1.37 bits per heavy atom. The molecule has 0 aromatic heterocycles. The molecule has 2 atom stereocenters. The lowest BCUT2D eigenvalue weighted by Crippen LogP contribution is -2.37. The van der Waals surface area contributed by atoms with E-state index in [9.17, 15) is 14.7 Å². The van der Waals surface area contributed by atoms with Gasteiger partial charge in [0.1, 0.15) is 0 Å². The summed E-state index contributed by atoms with van der Waals surface area (Å²) in [7, 11) is 1.29. The molecule has 1 amide bonds. The third-order valence-electron chi connectivity index (χ3n) is 3.32. The third-order valence-corrected chi connectivity index (χ3v) is 3.32. The van der Waals surface area contributed by atoms with Gasteiger partial charge in [-0.15, -0.1) is 0 Å². The molecule has 1 aromatic rings. The van der Waals surface area contributed by atoms with Gasteiger partial charge in [0.25, 0.3) is 0 Å². The van der Waals surface area contributed by atoms with Crippen molar-refractivity contribution < 1.29 is 19.4 Å². The molecule has 1 aliphatic heterocycles. The van der Waals surface area contributed by atoms with E-state index in [2.05, 4.69) is 4.74 Å². The summed E-state index contributed by atoms with van der Waals surface area (Å²) in [5.74, 6) is -0.0337. The predicted molar refractivity (Wildman–Crippen MR) is 68.9 cm³/mol. The summed E-state index contributed by atoms with van der Waals surface area (Å²) in [5.41, 5.74) is 0.619. The molecule has 1 N–H and O–H groups in total. The molecule has 1 fully saturated rings. The minimum absolute atomic E-state index is 0.0337. The Labute approximate surface area is 111 Å². The van der Waals surface area contributed by atoms with Gasteiger partial charge < -0.3 is 14.7 Å². The summed E-state index contributed by atoms with van der Waals surface area (Å²) in [6.45, 7) is 0.222. The number of rotatable bonds is 3. The van der Waals surface area contributed by atoms with Gasteiger partial charge in [0.2, 0.25) is 0 Å². The molecule has 19 heavy (non-hydrogen) atoms. The van der Waals surface area contributed by atoms with Crippen LogP contribution in [0.15, 0.2) is 30.3 Å². The quantitative estimate of drug-likeness (QED) is 0.838. The first-order valence-corrected chi connectivity index (χ1v) is 6.22. The molecular weight excluding hydrogens is 246 g/mol. The number of Topliss-reactive ketones (excluding diaryl/α,β-unsaturated/α-hetero) is 1. The van der Waals surface area contributed by atoms with Gasteiger partial charge in [0, 0.05) is 18.0 Å². The van der Waals surface area contributed by atoms with E-state index >= 15 is 0 Å². The number of carbonyl (C=O) groups excluding carboxylic acids is 2. The number of β-amino-alcohol motifs (C(OH)–C–C–N with tert-alkyl or cyclic N) is 1. The highest BCUT2D eigenvalue weighted by Gasteiger charge is 2.36. The fourth-order valence-electron chi connectivity index (χ4n) is 2.38. The Morgan fingerprint density at radius 3 is 2.68 bits per heavy atom. The lowest BCUT2D eigenvalue weighted by Gasteiger charge is -2.22. The van der Waals surface area contributed by atoms with Crippen molar-refractivity contribution in [2.45, 2.75) is 25.0 Å². The maximum absolute atomic E-state index is 12.1. The minimum Gasteiger partial charge on any atom is -0.453 e. The highest BCUT2D eigenvalue weighted by molar-refractivity contribution is 5.96. The monoisotopic (exact) mass is 263 g/mol. The average molecular weight is 263 g/mol. The van der Waals surface area contributed by atoms with Crippen LogP contribution in [0.1, 0.15) is 23.2 Å². The highest BCUT2D eigenvalue weighted by atomic mass is 16.5. The second-order valence-corrected chi connectivity index (χ2v) is 4.66. The number of hydrogen-bond acceptors (Lipinski definition) is 4. The van der Waals surface area contributed by atoms with Crippen molar-refractivity contribution >= 4 is 11.9 Å². The van der Waals surface area contributed by atoms with E-state index in [1.807, 2.05) is 6.07 Å². The molecule has 1 aliphatic rings. The van der Waals surface area contributed by atoms with Gasteiger partial charge in [-0.2, -0.15) is 0 Å². The van der Waals surface area contributed by atoms with Crippen molar-refractivity contribution in [1.29, 1.82) is 0 Å². The predicted octanol–water partition coefficient (Wildman–Crippen LogP) is 1.46. The standard InChI is InChI=1S/C14H17NO4/c1-19-14(18)15-9-12(16)7-11(15)8-13(17)10-5-3-2-4-6-10/h2-6,11-12,16H,7-9H2,1H3/t11-,12-/m1/s1. The number of ether oxygens (including phenoxy) is 1. The maximum atomic E-state index is 12.1. The van der Waals surface area contributed by atoms with Gasteiger partial charge in [0.15, 0.2) is 5.78 Å². The van der Waals surface area contributed by atoms with Crippen LogP contribution in [0.25, 0.3) is 0 Å². The normalized spacial score (nSPS) is 22.3. The second kappa shape index (κ2) is 5.84. The molecule has 1 saturated heterocycles. The summed E-state index contributed by atoms with van der Waals surface area (Å²) in [5, 5.41) is 9.64. The first-order chi connectivity index (χ1) is 9.11. The van der Waals surface area contributed by atoms with Crippen molar-refractivity contribution in [1.82, 2.24) is 4.90 Å². The average Bonchev–Trinajstić information content (AvgIpc) is 2.79. The van der Waals surface area contributed by atoms with Crippen LogP contribution in [0.3, 0.4) is 0 Å². The molecule has 0 unspecified atom stereocenters. The number of likely N-dealkylation sites (tertiary alicyclic amines) is 1. The van der Waals surface area contributed by atoms with E-state index in [-0.39, 0.29) is 24.8 Å². The van der Waals surface area contributed by atoms with Crippen molar-refractivity contribution in [2.24, 2.45) is 0 Å². The van der Waals surface area contributed by atoms with E-state index in [0.29, 0.717) is 12.0 Å². The Morgan fingerprint density at radius 2 is 2.05 bits per heavy atom. The Hall–Kier alpha value is -1.88. The van der Waals surface area contributed by atoms with Crippen LogP contribution in [0.5, 0.6) is 0 Å². The number of aliphatic hydroxyl groups excluding tert-OH is 1. The number of hydrogen-bond donors (Lipinski definition) is 1. The van der Waals surface area contributed by atoms with Crippen LogP contribution in [0.2, 0.25) is 0 Å². The number of carbonyl (C=O) groups is 2. The highest BCUT2D eigenvalue weighted by Crippen LogP contribution is 2.23. The van der Waals surface area contributed by atoms with Gasteiger partial charge in [-0.3, -0.25) is 4.79 Å². The summed E-state index contributed by atoms with van der Waals surface area (Å²) >= 11 is 0. The topological polar surface area (TPSA) is 66.8 Å². The van der Waals surface area contributed by atoms with Crippen molar-refractivity contribution in [2.75, 3.05) is 13.7 Å². The van der Waals surface area contributed by atoms with Gasteiger partial charge in [-0.25, -0.2) is 4.79 Å². The first-order valence-electron chi connectivity index (χ1n) is 6.22. The molecule has 5 nitrogen and oxygen atoms in total. The van der Waals surface area contributed by atoms with Gasteiger partial charge in [-0.05, 0) is 6.42 Å². The third kappa shape index (κ3) is 3.12. The molecule has 1 aromatic carbocycles. The van der Waals surface area contributed by atoms with Crippen LogP contribution >= 0.6 is 0 Å². The Bertz CT molecular complexity index is 460. The zero-order valence-corrected chi connectivity index (χ0v) is 10.8. The fourth-order valence-corrected chi connectivity index (χ4v) is 2.38. The van der Waals surface area contributed by atoms with E-state index < -0.39 is 12.2 Å². The first kappa shape index (κ1) is 13.5. The van der Waals surface area contributed by atoms with Gasteiger partial charge in [-0.1, -0.05) is 30.3 Å². The minimum atomic E-state index is -0.590. The van der Waals surface area contributed by atoms with E-state index in [1.165, 1.54) is 12.0 Å². The van der Waals surface area contributed by atoms with Crippen molar-refractivity contribution in [3.05, 3.63) is 35.9 Å². The number of aliphatic hydroxyl groups is 1. The summed E-state index contributed by atoms with van der Waals surface area (Å²) in [4.78, 5) is 25.1. The second-order valence-electron chi connectivity index (χ2n) is 4.66. The van der Waals surface area contributed by atoms with Gasteiger partial charge in [0.05, 0.1) is 19.8 Å². The summed E-state index contributed by atoms with van der Waals surface area (Å²) < 4.78 is 4.66. The molecule has 0 saturated carbocycles. The van der Waals surface area contributed by atoms with Gasteiger partial charge >= 0.3 is 6.09 Å². The molecule has 0 radical (unpaired) electrons. The number of nitrogens with zero attached hydrogens (tertiary/aromatic N) is 1. The molecule has 102 valence electrons. The van der Waals surface area contributed by atoms with Crippen LogP contribution < -0.4 is 0 Å². The largest absolute Gasteiger partial charge is 0.453 e. The lowest BCUT2D eigenvalue weighted by atomic mass is 10.0. The van der Waals surface area contributed by atoms with E-state index in [1.54, 1.807) is 24.3 Å². The van der Waals surface area contributed by atoms with Crippen molar-refractivity contribution in [3.8, 4) is 0 Å².